The summed E-state index contributed by atoms with van der Waals surface area (Å²) in [6.45, 7) is 2.21. The number of aliphatic hydroxyl groups is 3. The molecule has 1 aliphatic carbocycles. The number of carbonyl (C=O) groups is 1. The number of carboxylic acids is 1. The van der Waals surface area contributed by atoms with E-state index < -0.39 is 24.2 Å². The third-order valence-electron chi connectivity index (χ3n) is 5.35. The zero-order valence-electron chi connectivity index (χ0n) is 18.1. The Morgan fingerprint density at radius 1 is 1.23 bits per heavy atom. The van der Waals surface area contributed by atoms with E-state index in [-0.39, 0.29) is 6.42 Å². The van der Waals surface area contributed by atoms with E-state index >= 15 is 0 Å². The van der Waals surface area contributed by atoms with Gasteiger partial charge in [-0.1, -0.05) is 64.0 Å². The fraction of sp³-hybridized carbons (Fsp3) is 0.857. The monoisotopic (exact) mass is 372 g/mol. The zero-order valence-corrected chi connectivity index (χ0v) is 16.1. The van der Waals surface area contributed by atoms with Crippen molar-refractivity contribution in [3.8, 4) is 0 Å². The van der Waals surface area contributed by atoms with Crippen LogP contribution in [-0.2, 0) is 4.79 Å². The van der Waals surface area contributed by atoms with Crippen LogP contribution in [0.15, 0.2) is 12.2 Å². The average molecular weight is 373 g/mol. The van der Waals surface area contributed by atoms with E-state index in [0.717, 1.165) is 32.1 Å². The molecule has 0 heterocycles. The molecule has 1 aliphatic rings. The van der Waals surface area contributed by atoms with Crippen LogP contribution in [0.25, 0.3) is 0 Å². The highest BCUT2D eigenvalue weighted by atomic mass is 16.6. The Bertz CT molecular complexity index is 493. The predicted octanol–water partition coefficient (Wildman–Crippen LogP) is 4.01. The third kappa shape index (κ3) is 8.19. The van der Waals surface area contributed by atoms with Crippen LogP contribution < -0.4 is 0 Å². The molecule has 0 radical (unpaired) electrons. The van der Waals surface area contributed by atoms with Crippen LogP contribution >= 0.6 is 0 Å². The SMILES string of the molecule is [2H]C(CCC[C@H]1CCC[C@@H]1C=CCCCCCCC)C([2H])(O)C(O)(O)C(=O)O. The molecule has 0 saturated heterocycles. The third-order valence-corrected chi connectivity index (χ3v) is 5.35. The van der Waals surface area contributed by atoms with Gasteiger partial charge in [-0.3, -0.25) is 0 Å². The van der Waals surface area contributed by atoms with Gasteiger partial charge in [0.2, 0.25) is 0 Å². The lowest BCUT2D eigenvalue weighted by atomic mass is 9.89. The van der Waals surface area contributed by atoms with Crippen molar-refractivity contribution in [2.45, 2.75) is 102 Å². The van der Waals surface area contributed by atoms with E-state index in [4.69, 9.17) is 7.85 Å². The molecule has 1 rings (SSSR count). The molecule has 152 valence electrons. The zero-order chi connectivity index (χ0) is 21.2. The van der Waals surface area contributed by atoms with Crippen molar-refractivity contribution in [1.82, 2.24) is 0 Å². The number of hydrogen-bond acceptors (Lipinski definition) is 4. The van der Waals surface area contributed by atoms with E-state index in [1.165, 1.54) is 32.1 Å². The maximum atomic E-state index is 10.8. The van der Waals surface area contributed by atoms with Crippen LogP contribution in [0.1, 0.15) is 93.1 Å². The lowest BCUT2D eigenvalue weighted by molar-refractivity contribution is -0.237. The van der Waals surface area contributed by atoms with Gasteiger partial charge in [-0.15, -0.1) is 0 Å². The predicted molar refractivity (Wildman–Crippen MR) is 103 cm³/mol. The van der Waals surface area contributed by atoms with Crippen molar-refractivity contribution in [1.29, 1.82) is 0 Å². The maximum Gasteiger partial charge on any atom is 0.366 e. The summed E-state index contributed by atoms with van der Waals surface area (Å²) in [6.07, 6.45) is 12.1. The Hall–Kier alpha value is -0.910. The van der Waals surface area contributed by atoms with Gasteiger partial charge in [0, 0.05) is 1.37 Å². The second-order valence-corrected chi connectivity index (χ2v) is 7.48. The normalized spacial score (nSPS) is 25.7. The standard InChI is InChI=1S/C21H38O5/c1-2-3-4-5-6-7-8-12-17-14-11-15-18(17)13-9-10-16-19(22)21(25,26)20(23)24/h8,12,17-19,22,25-26H,2-7,9-11,13-16H2,1H3,(H,23,24)/t17-,18-,19?/m0/s1/i16D,19D/t16?,17-,18-,19?. The summed E-state index contributed by atoms with van der Waals surface area (Å²) in [5, 5.41) is 37.4. The Morgan fingerprint density at radius 2 is 1.96 bits per heavy atom. The van der Waals surface area contributed by atoms with Gasteiger partial charge in [-0.25, -0.2) is 4.79 Å². The van der Waals surface area contributed by atoms with Gasteiger partial charge in [0.15, 0.2) is 0 Å². The topological polar surface area (TPSA) is 98.0 Å². The van der Waals surface area contributed by atoms with Crippen molar-refractivity contribution < 1.29 is 28.0 Å². The molecule has 0 spiro atoms. The lowest BCUT2D eigenvalue weighted by Crippen LogP contribution is -2.49. The second kappa shape index (κ2) is 12.5. The van der Waals surface area contributed by atoms with Crippen LogP contribution in [0.5, 0.6) is 0 Å². The molecule has 5 heteroatoms. The fourth-order valence-electron chi connectivity index (χ4n) is 3.68. The number of unbranched alkanes of at least 4 members (excludes halogenated alkanes) is 5. The molecular weight excluding hydrogens is 332 g/mol. The number of rotatable bonds is 14. The van der Waals surface area contributed by atoms with Gasteiger partial charge in [0.25, 0.3) is 5.79 Å². The molecule has 1 saturated carbocycles. The molecule has 2 unspecified atom stereocenters. The van der Waals surface area contributed by atoms with Crippen LogP contribution in [0.2, 0.25) is 0 Å². The van der Waals surface area contributed by atoms with E-state index in [1.807, 2.05) is 0 Å². The smallest absolute Gasteiger partial charge is 0.366 e. The van der Waals surface area contributed by atoms with E-state index in [0.29, 0.717) is 18.3 Å². The molecule has 26 heavy (non-hydrogen) atoms. The van der Waals surface area contributed by atoms with Gasteiger partial charge in [-0.2, -0.15) is 0 Å². The summed E-state index contributed by atoms with van der Waals surface area (Å²) in [7, 11) is 0. The first-order valence-electron chi connectivity index (χ1n) is 11.2. The molecule has 4 N–H and O–H groups in total. The van der Waals surface area contributed by atoms with Crippen LogP contribution in [-0.4, -0.2) is 38.3 Å². The van der Waals surface area contributed by atoms with Crippen molar-refractivity contribution in [2.24, 2.45) is 11.8 Å². The maximum absolute atomic E-state index is 10.8. The molecule has 0 aromatic rings. The van der Waals surface area contributed by atoms with Gasteiger partial charge >= 0.3 is 5.97 Å². The molecule has 1 fully saturated rings. The summed E-state index contributed by atoms with van der Waals surface area (Å²) < 4.78 is 15.4. The number of hydrogen-bond donors (Lipinski definition) is 4. The molecular formula is C21H38O5. The molecule has 0 aromatic carbocycles. The highest BCUT2D eigenvalue weighted by Crippen LogP contribution is 2.36. The first-order valence-corrected chi connectivity index (χ1v) is 10.1. The molecule has 0 bridgehead atoms. The van der Waals surface area contributed by atoms with Crippen LogP contribution in [0.3, 0.4) is 0 Å². The van der Waals surface area contributed by atoms with Gasteiger partial charge < -0.3 is 20.4 Å². The minimum Gasteiger partial charge on any atom is -0.477 e. The van der Waals surface area contributed by atoms with Gasteiger partial charge in [-0.05, 0) is 50.3 Å². The Morgan fingerprint density at radius 3 is 2.65 bits per heavy atom. The Kier molecular flexibility index (Phi) is 9.52. The van der Waals surface area contributed by atoms with Gasteiger partial charge in [0.1, 0.15) is 6.08 Å². The largest absolute Gasteiger partial charge is 0.477 e. The second-order valence-electron chi connectivity index (χ2n) is 7.48. The van der Waals surface area contributed by atoms with E-state index in [1.54, 1.807) is 0 Å². The average Bonchev–Trinajstić information content (AvgIpc) is 3.07. The number of aliphatic carboxylic acids is 1. The minimum absolute atomic E-state index is 0.0422. The quantitative estimate of drug-likeness (QED) is 0.210. The first-order chi connectivity index (χ1) is 13.1. The Labute approximate surface area is 160 Å². The summed E-state index contributed by atoms with van der Waals surface area (Å²) in [6, 6.07) is 0. The summed E-state index contributed by atoms with van der Waals surface area (Å²) in [5.74, 6) is -4.77. The van der Waals surface area contributed by atoms with Crippen LogP contribution in [0, 0.1) is 11.8 Å². The molecule has 0 aliphatic heterocycles. The minimum atomic E-state index is -3.66. The molecule has 0 amide bonds. The number of carboxylic acid groups (broad SMARTS) is 1. The molecule has 5 nitrogen and oxygen atoms in total. The van der Waals surface area contributed by atoms with Gasteiger partial charge in [0.05, 0.1) is 1.37 Å². The van der Waals surface area contributed by atoms with Crippen molar-refractivity contribution in [3.63, 3.8) is 0 Å². The molecule has 0 aromatic heterocycles. The van der Waals surface area contributed by atoms with E-state index in [2.05, 4.69) is 19.1 Å². The highest BCUT2D eigenvalue weighted by molar-refractivity contribution is 5.75. The molecule has 4 atom stereocenters. The van der Waals surface area contributed by atoms with Crippen molar-refractivity contribution in [2.75, 3.05) is 0 Å². The van der Waals surface area contributed by atoms with Crippen LogP contribution in [0.4, 0.5) is 0 Å². The lowest BCUT2D eigenvalue weighted by Gasteiger charge is -2.23. The van der Waals surface area contributed by atoms with Crippen molar-refractivity contribution in [3.05, 3.63) is 12.2 Å². The van der Waals surface area contributed by atoms with E-state index in [9.17, 15) is 20.1 Å². The van der Waals surface area contributed by atoms with Crippen molar-refractivity contribution >= 4 is 5.97 Å². The Balaban J connectivity index is 2.38. The fourth-order valence-corrected chi connectivity index (χ4v) is 3.68. The number of allylic oxidation sites excluding steroid dienone is 2. The summed E-state index contributed by atoms with van der Waals surface area (Å²) in [4.78, 5) is 10.8. The summed E-state index contributed by atoms with van der Waals surface area (Å²) in [5.41, 5.74) is 0. The first kappa shape index (κ1) is 19.8. The highest BCUT2D eigenvalue weighted by Gasteiger charge is 2.41. The summed E-state index contributed by atoms with van der Waals surface area (Å²) >= 11 is 0.